The lowest BCUT2D eigenvalue weighted by Gasteiger charge is -2.16. The highest BCUT2D eigenvalue weighted by Gasteiger charge is 2.38. The van der Waals surface area contributed by atoms with Gasteiger partial charge in [0.25, 0.3) is 5.91 Å². The maximum atomic E-state index is 12.1. The number of aromatic nitrogens is 2. The Kier molecular flexibility index (Phi) is 8.08. The molecule has 204 valence electrons. The minimum absolute atomic E-state index is 0.0629. The average Bonchev–Trinajstić information content (AvgIpc) is 3.20. The smallest absolute Gasteiger partial charge is 0.490 e. The topological polar surface area (TPSA) is 178 Å². The van der Waals surface area contributed by atoms with E-state index in [2.05, 4.69) is 15.5 Å². The number of pyridine rings is 1. The lowest BCUT2D eigenvalue weighted by molar-refractivity contribution is -0.192. The first kappa shape index (κ1) is 28.4. The summed E-state index contributed by atoms with van der Waals surface area (Å²) in [5.41, 5.74) is 9.67. The summed E-state index contributed by atoms with van der Waals surface area (Å²) in [6, 6.07) is 9.94. The summed E-state index contributed by atoms with van der Waals surface area (Å²) in [5, 5.41) is 24.2. The lowest BCUT2D eigenvalue weighted by Crippen LogP contribution is -2.21. The van der Waals surface area contributed by atoms with E-state index in [1.165, 1.54) is 31.5 Å². The predicted molar refractivity (Wildman–Crippen MR) is 132 cm³/mol. The molecule has 4 rings (SSSR count). The molecule has 2 heterocycles. The molecule has 5 N–H and O–H groups in total. The molecule has 0 unspecified atom stereocenters. The van der Waals surface area contributed by atoms with Crippen LogP contribution in [0.5, 0.6) is 5.75 Å². The average molecular weight is 546 g/mol. The van der Waals surface area contributed by atoms with Gasteiger partial charge in [0, 0.05) is 17.1 Å². The number of carbonyl (C=O) groups excluding carboxylic acids is 1. The number of anilines is 2. The van der Waals surface area contributed by atoms with Crippen molar-refractivity contribution in [1.29, 1.82) is 0 Å². The van der Waals surface area contributed by atoms with E-state index in [-0.39, 0.29) is 11.1 Å². The molecule has 0 fully saturated rings. The van der Waals surface area contributed by atoms with E-state index in [1.807, 2.05) is 32.0 Å². The number of nitrogens with one attached hydrogen (secondary N) is 1. The Morgan fingerprint density at radius 1 is 1.08 bits per heavy atom. The first-order valence-corrected chi connectivity index (χ1v) is 10.9. The molecule has 1 amide bonds. The van der Waals surface area contributed by atoms with E-state index in [0.717, 1.165) is 16.8 Å². The third-order valence-electron chi connectivity index (χ3n) is 5.41. The second-order valence-electron chi connectivity index (χ2n) is 7.99. The molecule has 4 aromatic rings. The van der Waals surface area contributed by atoms with Gasteiger partial charge in [-0.3, -0.25) is 9.78 Å². The van der Waals surface area contributed by atoms with Crippen LogP contribution in [0.4, 0.5) is 24.5 Å². The molecule has 0 aliphatic carbocycles. The van der Waals surface area contributed by atoms with E-state index < -0.39 is 24.0 Å². The molecule has 14 heteroatoms. The van der Waals surface area contributed by atoms with Crippen LogP contribution in [0, 0.1) is 13.8 Å². The predicted octanol–water partition coefficient (Wildman–Crippen LogP) is 4.69. The number of fused-ring (bicyclic) bond motifs is 1. The molecular weight excluding hydrogens is 525 g/mol. The van der Waals surface area contributed by atoms with Gasteiger partial charge >= 0.3 is 18.1 Å². The van der Waals surface area contributed by atoms with Gasteiger partial charge in [-0.25, -0.2) is 9.59 Å². The minimum atomic E-state index is -5.08. The molecular formula is C25H21F3N4O7. The van der Waals surface area contributed by atoms with E-state index in [1.54, 1.807) is 0 Å². The first-order valence-electron chi connectivity index (χ1n) is 10.9. The number of hydrogen-bond acceptors (Lipinski definition) is 8. The van der Waals surface area contributed by atoms with Crippen LogP contribution in [0.1, 0.15) is 32.2 Å². The van der Waals surface area contributed by atoms with Crippen LogP contribution in [0.3, 0.4) is 0 Å². The summed E-state index contributed by atoms with van der Waals surface area (Å²) in [7, 11) is 1.47. The highest BCUT2D eigenvalue weighted by Crippen LogP contribution is 2.36. The second-order valence-corrected chi connectivity index (χ2v) is 7.99. The molecule has 0 aliphatic rings. The van der Waals surface area contributed by atoms with Gasteiger partial charge in [-0.05, 0) is 43.7 Å². The van der Waals surface area contributed by atoms with Crippen LogP contribution < -0.4 is 15.8 Å². The number of carboxylic acid groups (broad SMARTS) is 2. The monoisotopic (exact) mass is 546 g/mol. The fourth-order valence-corrected chi connectivity index (χ4v) is 3.64. The number of methoxy groups -OCH3 is 1. The summed E-state index contributed by atoms with van der Waals surface area (Å²) < 4.78 is 42.4. The summed E-state index contributed by atoms with van der Waals surface area (Å²) in [6.45, 7) is 3.69. The minimum Gasteiger partial charge on any atom is -0.495 e. The molecule has 2 aromatic carbocycles. The van der Waals surface area contributed by atoms with Gasteiger partial charge in [-0.15, -0.1) is 0 Å². The van der Waals surface area contributed by atoms with E-state index >= 15 is 0 Å². The SMILES string of the molecule is COc1ccc(C(=O)O)cc1Nc1c(C(N)=O)cnc2cc(-c3c(C)noc3C)ccc12.O=C(O)C(F)(F)F. The largest absolute Gasteiger partial charge is 0.495 e. The number of nitrogens with two attached hydrogens (primary N) is 1. The summed E-state index contributed by atoms with van der Waals surface area (Å²) in [5.74, 6) is -3.43. The number of rotatable bonds is 6. The van der Waals surface area contributed by atoms with Crippen molar-refractivity contribution in [2.45, 2.75) is 20.0 Å². The Hall–Kier alpha value is -5.14. The number of carboxylic acids is 2. The highest BCUT2D eigenvalue weighted by atomic mass is 19.4. The number of aliphatic carboxylic acids is 1. The number of alkyl halides is 3. The number of nitrogens with zero attached hydrogens (tertiary/aromatic N) is 2. The molecule has 39 heavy (non-hydrogen) atoms. The zero-order chi connectivity index (χ0) is 29.1. The van der Waals surface area contributed by atoms with Gasteiger partial charge in [0.15, 0.2) is 0 Å². The molecule has 2 aromatic heterocycles. The summed E-state index contributed by atoms with van der Waals surface area (Å²) in [4.78, 5) is 36.9. The van der Waals surface area contributed by atoms with Gasteiger partial charge in [0.05, 0.1) is 40.8 Å². The molecule has 11 nitrogen and oxygen atoms in total. The van der Waals surface area contributed by atoms with Crippen molar-refractivity contribution in [3.05, 3.63) is 65.2 Å². The number of hydrogen-bond donors (Lipinski definition) is 4. The fourth-order valence-electron chi connectivity index (χ4n) is 3.64. The van der Waals surface area contributed by atoms with Crippen molar-refractivity contribution in [2.24, 2.45) is 5.73 Å². The van der Waals surface area contributed by atoms with Gasteiger partial charge in [0.2, 0.25) is 0 Å². The van der Waals surface area contributed by atoms with Crippen LogP contribution in [0.2, 0.25) is 0 Å². The zero-order valence-electron chi connectivity index (χ0n) is 20.6. The summed E-state index contributed by atoms with van der Waals surface area (Å²) in [6.07, 6.45) is -3.70. The lowest BCUT2D eigenvalue weighted by atomic mass is 10.0. The number of amides is 1. The Balaban J connectivity index is 0.000000532. The highest BCUT2D eigenvalue weighted by molar-refractivity contribution is 6.08. The first-order chi connectivity index (χ1) is 18.2. The van der Waals surface area contributed by atoms with E-state index in [9.17, 15) is 27.9 Å². The van der Waals surface area contributed by atoms with Crippen molar-refractivity contribution >= 4 is 40.1 Å². The van der Waals surface area contributed by atoms with Crippen LogP contribution in [0.25, 0.3) is 22.0 Å². The maximum Gasteiger partial charge on any atom is 0.490 e. The normalized spacial score (nSPS) is 10.9. The van der Waals surface area contributed by atoms with Crippen LogP contribution >= 0.6 is 0 Å². The quantitative estimate of drug-likeness (QED) is 0.265. The maximum absolute atomic E-state index is 12.1. The van der Waals surface area contributed by atoms with Crippen molar-refractivity contribution in [3.63, 3.8) is 0 Å². The molecule has 0 radical (unpaired) electrons. The van der Waals surface area contributed by atoms with Crippen molar-refractivity contribution < 1.29 is 47.0 Å². The second kappa shape index (κ2) is 11.1. The van der Waals surface area contributed by atoms with Crippen molar-refractivity contribution in [3.8, 4) is 16.9 Å². The zero-order valence-corrected chi connectivity index (χ0v) is 20.6. The van der Waals surface area contributed by atoms with Gasteiger partial charge in [0.1, 0.15) is 11.5 Å². The van der Waals surface area contributed by atoms with Gasteiger partial charge < -0.3 is 30.5 Å². The third kappa shape index (κ3) is 6.23. The Labute approximate surface area is 218 Å². The van der Waals surface area contributed by atoms with Gasteiger partial charge in [-0.2, -0.15) is 13.2 Å². The number of ether oxygens (including phenoxy) is 1. The number of halogens is 3. The standard InChI is InChI=1S/C23H20N4O5.C2HF3O2/c1-11-20(12(2)32-27-11)13-4-6-15-17(8-13)25-10-16(22(24)28)21(15)26-18-9-14(23(29)30)5-7-19(18)31-3;3-2(4,5)1(6)7/h4-10H,1-3H3,(H2,24,28)(H,25,26)(H,29,30);(H,6,7). The van der Waals surface area contributed by atoms with Crippen LogP contribution in [0.15, 0.2) is 47.1 Å². The van der Waals surface area contributed by atoms with Crippen molar-refractivity contribution in [2.75, 3.05) is 12.4 Å². The number of primary amides is 1. The Morgan fingerprint density at radius 3 is 2.26 bits per heavy atom. The number of carbonyl (C=O) groups is 3. The Morgan fingerprint density at radius 2 is 1.74 bits per heavy atom. The third-order valence-corrected chi connectivity index (χ3v) is 5.41. The molecule has 0 atom stereocenters. The van der Waals surface area contributed by atoms with Crippen LogP contribution in [-0.2, 0) is 4.79 Å². The fraction of sp³-hybridized carbons (Fsp3) is 0.160. The molecule has 0 saturated heterocycles. The molecule has 0 spiro atoms. The Bertz CT molecular complexity index is 1560. The number of benzene rings is 2. The molecule has 0 bridgehead atoms. The van der Waals surface area contributed by atoms with Crippen LogP contribution in [-0.4, -0.2) is 51.5 Å². The number of aryl methyl sites for hydroxylation is 2. The van der Waals surface area contributed by atoms with E-state index in [4.69, 9.17) is 24.9 Å². The molecule has 0 aliphatic heterocycles. The summed E-state index contributed by atoms with van der Waals surface area (Å²) >= 11 is 0. The molecule has 0 saturated carbocycles. The van der Waals surface area contributed by atoms with Crippen molar-refractivity contribution in [1.82, 2.24) is 10.1 Å². The van der Waals surface area contributed by atoms with Gasteiger partial charge in [-0.1, -0.05) is 17.3 Å². The van der Waals surface area contributed by atoms with E-state index in [0.29, 0.717) is 33.8 Å². The number of aromatic carboxylic acids is 1.